The molecule has 20 heavy (non-hydrogen) atoms. The summed E-state index contributed by atoms with van der Waals surface area (Å²) in [6.07, 6.45) is 0. The number of aryl methyl sites for hydroxylation is 2. The minimum atomic E-state index is -4.94. The van der Waals surface area contributed by atoms with Gasteiger partial charge in [-0.3, -0.25) is 0 Å². The summed E-state index contributed by atoms with van der Waals surface area (Å²) in [6.45, 7) is 4.32. The number of fused-ring (bicyclic) bond motifs is 3. The summed E-state index contributed by atoms with van der Waals surface area (Å²) in [5, 5.41) is 0. The minimum Gasteiger partial charge on any atom is -0.222 e. The third-order valence-electron chi connectivity index (χ3n) is 2.68. The lowest BCUT2D eigenvalue weighted by molar-refractivity contribution is -2.00. The lowest BCUT2D eigenvalue weighted by Crippen LogP contribution is -2.68. The molecule has 0 bridgehead atoms. The zero-order valence-electron chi connectivity index (χ0n) is 10.8. The lowest BCUT2D eigenvalue weighted by atomic mass is 10.2. The van der Waals surface area contributed by atoms with Gasteiger partial charge in [0.2, 0.25) is 5.52 Å². The van der Waals surface area contributed by atoms with Crippen LogP contribution in [0, 0.1) is 24.1 Å². The fraction of sp³-hybridized carbons (Fsp3) is 0.154. The van der Waals surface area contributed by atoms with Gasteiger partial charge in [0.25, 0.3) is 4.83 Å². The molecule has 3 rings (SSSR count). The second kappa shape index (κ2) is 5.61. The van der Waals surface area contributed by atoms with Crippen molar-refractivity contribution in [3.63, 3.8) is 0 Å². The highest BCUT2D eigenvalue weighted by atomic mass is 35.7. The maximum absolute atomic E-state index is 8.49. The molecule has 1 aromatic carbocycles. The molecule has 0 saturated carbocycles. The fourth-order valence-corrected chi connectivity index (χ4v) is 3.31. The van der Waals surface area contributed by atoms with E-state index in [1.165, 1.54) is 26.3 Å². The summed E-state index contributed by atoms with van der Waals surface area (Å²) < 4.78 is 37.7. The van der Waals surface area contributed by atoms with Crippen LogP contribution in [0.2, 0.25) is 0 Å². The molecule has 0 spiro atoms. The standard InChI is InChI=1S/C13H12NS.ClHO4/c1-9-7-10(2)14-11-5-3-4-6-12(11)15-13(14)8-9;2-1(3,4)5/h3-8H,1-2H3;(H,2,3,4,5)/q+1;/p-1. The van der Waals surface area contributed by atoms with Gasteiger partial charge >= 0.3 is 0 Å². The van der Waals surface area contributed by atoms with Gasteiger partial charge in [0.1, 0.15) is 4.70 Å². The van der Waals surface area contributed by atoms with Crippen LogP contribution in [-0.4, -0.2) is 0 Å². The molecule has 0 unspecified atom stereocenters. The summed E-state index contributed by atoms with van der Waals surface area (Å²) in [5.74, 6) is 0. The molecule has 0 saturated heterocycles. The number of para-hydroxylation sites is 1. The molecule has 0 aliphatic heterocycles. The predicted molar refractivity (Wildman–Crippen MR) is 64.5 cm³/mol. The third kappa shape index (κ3) is 3.63. The molecular formula is C13H12ClNO4S. The molecule has 7 heteroatoms. The molecule has 0 N–H and O–H groups in total. The lowest BCUT2D eigenvalue weighted by Gasteiger charge is -2.17. The number of nitrogens with zero attached hydrogens (tertiary/aromatic N) is 1. The smallest absolute Gasteiger partial charge is 0.222 e. The van der Waals surface area contributed by atoms with Crippen molar-refractivity contribution in [2.75, 3.05) is 0 Å². The highest BCUT2D eigenvalue weighted by molar-refractivity contribution is 7.23. The Labute approximate surface area is 121 Å². The van der Waals surface area contributed by atoms with Gasteiger partial charge < -0.3 is 0 Å². The van der Waals surface area contributed by atoms with Gasteiger partial charge in [-0.15, -0.1) is 14.6 Å². The van der Waals surface area contributed by atoms with Crippen molar-refractivity contribution < 1.29 is 33.3 Å². The topological polar surface area (TPSA) is 96.3 Å². The Balaban J connectivity index is 0.000000257. The van der Waals surface area contributed by atoms with E-state index in [0.717, 1.165) is 0 Å². The van der Waals surface area contributed by atoms with Gasteiger partial charge in [-0.1, -0.05) is 23.5 Å². The first-order chi connectivity index (χ1) is 9.25. The van der Waals surface area contributed by atoms with E-state index in [0.29, 0.717) is 0 Å². The van der Waals surface area contributed by atoms with Crippen molar-refractivity contribution in [2.45, 2.75) is 13.8 Å². The molecule has 0 atom stereocenters. The number of rotatable bonds is 0. The molecular weight excluding hydrogens is 302 g/mol. The quantitative estimate of drug-likeness (QED) is 0.472. The van der Waals surface area contributed by atoms with E-state index in [9.17, 15) is 0 Å². The number of aromatic nitrogens is 1. The Morgan fingerprint density at radius 2 is 1.60 bits per heavy atom. The van der Waals surface area contributed by atoms with Gasteiger partial charge in [0, 0.05) is 25.1 Å². The number of benzene rings is 1. The average Bonchev–Trinajstić information content (AvgIpc) is 2.64. The Hall–Kier alpha value is -1.28. The second-order valence-corrected chi connectivity index (χ2v) is 6.11. The zero-order valence-corrected chi connectivity index (χ0v) is 12.4. The number of pyridine rings is 1. The normalized spacial score (nSPS) is 11.5. The van der Waals surface area contributed by atoms with Crippen molar-refractivity contribution >= 4 is 26.4 Å². The van der Waals surface area contributed by atoms with Crippen LogP contribution < -0.4 is 23.0 Å². The van der Waals surface area contributed by atoms with Crippen LogP contribution in [-0.2, 0) is 0 Å². The summed E-state index contributed by atoms with van der Waals surface area (Å²) in [4.78, 5) is 1.33. The summed E-state index contributed by atoms with van der Waals surface area (Å²) in [7, 11) is -4.94. The second-order valence-electron chi connectivity index (χ2n) is 4.30. The molecule has 0 radical (unpaired) electrons. The van der Waals surface area contributed by atoms with Gasteiger partial charge in [-0.2, -0.15) is 0 Å². The largest absolute Gasteiger partial charge is 0.268 e. The fourth-order valence-electron chi connectivity index (χ4n) is 2.09. The zero-order chi connectivity index (χ0) is 14.9. The summed E-state index contributed by atoms with van der Waals surface area (Å²) in [6, 6.07) is 13.0. The van der Waals surface area contributed by atoms with Crippen LogP contribution in [0.4, 0.5) is 0 Å². The van der Waals surface area contributed by atoms with E-state index >= 15 is 0 Å². The summed E-state index contributed by atoms with van der Waals surface area (Å²) >= 11 is 1.85. The molecule has 5 nitrogen and oxygen atoms in total. The van der Waals surface area contributed by atoms with Crippen molar-refractivity contribution in [3.05, 3.63) is 47.7 Å². The minimum absolute atomic E-state index is 1.31. The SMILES string of the molecule is Cc1cc(C)[n+]2c(c1)sc1ccccc12.[O-][Cl+3]([O-])([O-])[O-]. The van der Waals surface area contributed by atoms with Crippen LogP contribution >= 0.6 is 11.3 Å². The van der Waals surface area contributed by atoms with E-state index < -0.39 is 10.2 Å². The Kier molecular flexibility index (Phi) is 4.24. The van der Waals surface area contributed by atoms with E-state index in [2.05, 4.69) is 54.6 Å². The van der Waals surface area contributed by atoms with E-state index in [-0.39, 0.29) is 0 Å². The maximum atomic E-state index is 8.49. The van der Waals surface area contributed by atoms with E-state index in [4.69, 9.17) is 18.6 Å². The van der Waals surface area contributed by atoms with E-state index in [1.54, 1.807) is 0 Å². The maximum Gasteiger partial charge on any atom is 0.268 e. The Morgan fingerprint density at radius 3 is 2.25 bits per heavy atom. The molecule has 0 aliphatic carbocycles. The summed E-state index contributed by atoms with van der Waals surface area (Å²) in [5.41, 5.74) is 3.96. The Morgan fingerprint density at radius 1 is 1.00 bits per heavy atom. The van der Waals surface area contributed by atoms with E-state index in [1.807, 2.05) is 11.3 Å². The van der Waals surface area contributed by atoms with Crippen LogP contribution in [0.3, 0.4) is 0 Å². The van der Waals surface area contributed by atoms with Crippen molar-refractivity contribution in [1.29, 1.82) is 0 Å². The van der Waals surface area contributed by atoms with Crippen LogP contribution in [0.5, 0.6) is 0 Å². The first-order valence-corrected chi connectivity index (χ1v) is 7.73. The molecule has 2 heterocycles. The van der Waals surface area contributed by atoms with Crippen LogP contribution in [0.25, 0.3) is 15.0 Å². The van der Waals surface area contributed by atoms with Gasteiger partial charge in [0.15, 0.2) is 5.69 Å². The molecule has 0 aliphatic rings. The van der Waals surface area contributed by atoms with Crippen molar-refractivity contribution in [1.82, 2.24) is 0 Å². The number of halogens is 1. The molecule has 106 valence electrons. The number of thiazole rings is 1. The van der Waals surface area contributed by atoms with Crippen molar-refractivity contribution in [2.24, 2.45) is 0 Å². The molecule has 2 aromatic heterocycles. The van der Waals surface area contributed by atoms with Crippen LogP contribution in [0.1, 0.15) is 11.3 Å². The van der Waals surface area contributed by atoms with Crippen molar-refractivity contribution in [3.8, 4) is 0 Å². The predicted octanol–water partition coefficient (Wildman–Crippen LogP) is -1.50. The third-order valence-corrected chi connectivity index (χ3v) is 3.76. The number of hydrogen-bond donors (Lipinski definition) is 0. The number of hydrogen-bond acceptors (Lipinski definition) is 5. The Bertz CT molecular complexity index is 745. The molecule has 0 amide bonds. The highest BCUT2D eigenvalue weighted by Gasteiger charge is 2.15. The van der Waals surface area contributed by atoms with Crippen LogP contribution in [0.15, 0.2) is 36.4 Å². The van der Waals surface area contributed by atoms with Gasteiger partial charge in [-0.25, -0.2) is 18.6 Å². The van der Waals surface area contributed by atoms with Gasteiger partial charge in [0.05, 0.1) is 0 Å². The molecule has 3 aromatic rings. The monoisotopic (exact) mass is 313 g/mol. The first-order valence-electron chi connectivity index (χ1n) is 5.68. The first kappa shape index (κ1) is 15.1. The average molecular weight is 314 g/mol. The molecule has 0 fully saturated rings. The highest BCUT2D eigenvalue weighted by Crippen LogP contribution is 2.22. The van der Waals surface area contributed by atoms with Gasteiger partial charge in [-0.05, 0) is 18.6 Å².